The number of amides is 2. The topological polar surface area (TPSA) is 53.1 Å². The van der Waals surface area contributed by atoms with Crippen LogP contribution in [0.25, 0.3) is 0 Å². The molecule has 7 heteroatoms. The average molecular weight is 452 g/mol. The Labute approximate surface area is 193 Å². The zero-order valence-electron chi connectivity index (χ0n) is 19.2. The van der Waals surface area contributed by atoms with Crippen molar-refractivity contribution in [3.8, 4) is 5.75 Å². The summed E-state index contributed by atoms with van der Waals surface area (Å²) in [5.41, 5.74) is 1.26. The number of nitrogens with zero attached hydrogens (tertiary/aromatic N) is 3. The second kappa shape index (κ2) is 8.45. The number of anilines is 1. The lowest BCUT2D eigenvalue weighted by Gasteiger charge is -2.39. The molecule has 2 heterocycles. The smallest absolute Gasteiger partial charge is 0.242 e. The van der Waals surface area contributed by atoms with Gasteiger partial charge in [-0.1, -0.05) is 18.2 Å². The van der Waals surface area contributed by atoms with Gasteiger partial charge in [0.2, 0.25) is 11.8 Å². The minimum absolute atomic E-state index is 0.0183. The molecule has 3 aliphatic rings. The number of fused-ring (bicyclic) bond motifs is 3. The minimum Gasteiger partial charge on any atom is -0.492 e. The summed E-state index contributed by atoms with van der Waals surface area (Å²) in [4.78, 5) is 32.8. The summed E-state index contributed by atoms with van der Waals surface area (Å²) >= 11 is 0. The SMILES string of the molecule is CC(C)N1CCN(C(=O)CN2C(=O)[C@@]3(COc4ccc(F)cc4)C[C@H]3c3ccccc32)CC1. The Hall–Kier alpha value is -2.93. The number of rotatable bonds is 6. The van der Waals surface area contributed by atoms with Crippen LogP contribution in [0.1, 0.15) is 31.7 Å². The molecular weight excluding hydrogens is 421 g/mol. The van der Waals surface area contributed by atoms with E-state index < -0.39 is 5.41 Å². The molecule has 0 bridgehead atoms. The fourth-order valence-corrected chi connectivity index (χ4v) is 5.20. The number of benzene rings is 2. The summed E-state index contributed by atoms with van der Waals surface area (Å²) in [7, 11) is 0. The van der Waals surface area contributed by atoms with Crippen molar-refractivity contribution in [2.45, 2.75) is 32.2 Å². The van der Waals surface area contributed by atoms with Gasteiger partial charge in [-0.2, -0.15) is 0 Å². The van der Waals surface area contributed by atoms with Crippen LogP contribution in [0.15, 0.2) is 48.5 Å². The maximum Gasteiger partial charge on any atom is 0.242 e. The summed E-state index contributed by atoms with van der Waals surface area (Å²) in [6, 6.07) is 14.2. The Morgan fingerprint density at radius 1 is 1.09 bits per heavy atom. The molecule has 5 rings (SSSR count). The molecule has 0 radical (unpaired) electrons. The van der Waals surface area contributed by atoms with E-state index in [4.69, 9.17) is 4.74 Å². The van der Waals surface area contributed by atoms with E-state index in [2.05, 4.69) is 18.7 Å². The van der Waals surface area contributed by atoms with Crippen LogP contribution in [0, 0.1) is 11.2 Å². The molecule has 2 aromatic carbocycles. The fraction of sp³-hybridized carbons (Fsp3) is 0.462. The van der Waals surface area contributed by atoms with Crippen LogP contribution in [0.2, 0.25) is 0 Å². The molecule has 2 aromatic rings. The van der Waals surface area contributed by atoms with Gasteiger partial charge in [0.1, 0.15) is 24.7 Å². The number of ether oxygens (including phenoxy) is 1. The molecule has 174 valence electrons. The lowest BCUT2D eigenvalue weighted by molar-refractivity contribution is -0.134. The van der Waals surface area contributed by atoms with Crippen LogP contribution in [-0.4, -0.2) is 67.0 Å². The van der Waals surface area contributed by atoms with Crippen LogP contribution in [0.4, 0.5) is 10.1 Å². The van der Waals surface area contributed by atoms with Crippen LogP contribution >= 0.6 is 0 Å². The van der Waals surface area contributed by atoms with Crippen LogP contribution in [0.3, 0.4) is 0 Å². The number of carbonyl (C=O) groups is 2. The Balaban J connectivity index is 1.32. The highest BCUT2D eigenvalue weighted by molar-refractivity contribution is 6.07. The van der Waals surface area contributed by atoms with Gasteiger partial charge < -0.3 is 14.5 Å². The molecule has 2 fully saturated rings. The molecular formula is C26H30FN3O3. The van der Waals surface area contributed by atoms with Crippen molar-refractivity contribution in [1.82, 2.24) is 9.80 Å². The van der Waals surface area contributed by atoms with Gasteiger partial charge in [0.15, 0.2) is 0 Å². The second-order valence-electron chi connectivity index (χ2n) is 9.62. The van der Waals surface area contributed by atoms with Gasteiger partial charge in [0.25, 0.3) is 0 Å². The number of hydrogen-bond acceptors (Lipinski definition) is 4. The highest BCUT2D eigenvalue weighted by Gasteiger charge is 2.66. The van der Waals surface area contributed by atoms with Crippen LogP contribution in [-0.2, 0) is 9.59 Å². The van der Waals surface area contributed by atoms with Gasteiger partial charge in [-0.25, -0.2) is 4.39 Å². The minimum atomic E-state index is -0.667. The number of hydrogen-bond donors (Lipinski definition) is 0. The van der Waals surface area contributed by atoms with E-state index in [1.54, 1.807) is 17.0 Å². The van der Waals surface area contributed by atoms with E-state index in [-0.39, 0.29) is 36.7 Å². The summed E-state index contributed by atoms with van der Waals surface area (Å²) in [6.45, 7) is 7.67. The van der Waals surface area contributed by atoms with Crippen molar-refractivity contribution in [3.63, 3.8) is 0 Å². The summed E-state index contributed by atoms with van der Waals surface area (Å²) in [5, 5.41) is 0. The molecule has 6 nitrogen and oxygen atoms in total. The van der Waals surface area contributed by atoms with E-state index in [0.717, 1.165) is 24.3 Å². The lowest BCUT2D eigenvalue weighted by Crippen LogP contribution is -2.54. The Kier molecular flexibility index (Phi) is 5.60. The fourth-order valence-electron chi connectivity index (χ4n) is 5.20. The summed E-state index contributed by atoms with van der Waals surface area (Å²) in [6.07, 6.45) is 0.696. The van der Waals surface area contributed by atoms with Crippen LogP contribution in [0.5, 0.6) is 5.75 Å². The molecule has 1 aliphatic carbocycles. The summed E-state index contributed by atoms with van der Waals surface area (Å²) < 4.78 is 19.1. The molecule has 1 saturated heterocycles. The molecule has 0 spiro atoms. The Morgan fingerprint density at radius 3 is 2.48 bits per heavy atom. The molecule has 33 heavy (non-hydrogen) atoms. The van der Waals surface area contributed by atoms with Gasteiger partial charge in [0, 0.05) is 43.8 Å². The number of halogens is 1. The maximum absolute atomic E-state index is 13.7. The van der Waals surface area contributed by atoms with Gasteiger partial charge in [0.05, 0.1) is 5.41 Å². The lowest BCUT2D eigenvalue weighted by atomic mass is 9.91. The predicted molar refractivity (Wildman–Crippen MR) is 124 cm³/mol. The number of para-hydroxylation sites is 1. The summed E-state index contributed by atoms with van der Waals surface area (Å²) in [5.74, 6) is 0.223. The van der Waals surface area contributed by atoms with Gasteiger partial charge in [-0.15, -0.1) is 0 Å². The monoisotopic (exact) mass is 451 g/mol. The second-order valence-corrected chi connectivity index (χ2v) is 9.62. The molecule has 2 aliphatic heterocycles. The first-order chi connectivity index (χ1) is 15.9. The number of piperazine rings is 1. The van der Waals surface area contributed by atoms with Crippen molar-refractivity contribution in [2.75, 3.05) is 44.2 Å². The van der Waals surface area contributed by atoms with E-state index in [9.17, 15) is 14.0 Å². The highest BCUT2D eigenvalue weighted by atomic mass is 19.1. The van der Waals surface area contributed by atoms with Crippen molar-refractivity contribution in [1.29, 1.82) is 0 Å². The molecule has 1 saturated carbocycles. The Bertz CT molecular complexity index is 1050. The molecule has 2 atom stereocenters. The standard InChI is InChI=1S/C26H30FN3O3/c1-18(2)28-11-13-29(14-12-28)24(31)16-30-23-6-4-3-5-21(23)22-15-26(22,25(30)32)17-33-20-9-7-19(27)8-10-20/h3-10,18,22H,11-17H2,1-2H3/t22-,26+/m0/s1. The van der Waals surface area contributed by atoms with E-state index in [1.807, 2.05) is 29.2 Å². The molecule has 0 aromatic heterocycles. The van der Waals surface area contributed by atoms with Gasteiger partial charge in [-0.3, -0.25) is 14.5 Å². The first-order valence-electron chi connectivity index (χ1n) is 11.7. The third-order valence-electron chi connectivity index (χ3n) is 7.35. The first kappa shape index (κ1) is 21.9. The third kappa shape index (κ3) is 3.99. The zero-order valence-corrected chi connectivity index (χ0v) is 19.2. The van der Waals surface area contributed by atoms with Crippen LogP contribution < -0.4 is 9.64 Å². The van der Waals surface area contributed by atoms with Crippen molar-refractivity contribution >= 4 is 17.5 Å². The third-order valence-corrected chi connectivity index (χ3v) is 7.35. The van der Waals surface area contributed by atoms with E-state index in [0.29, 0.717) is 31.3 Å². The van der Waals surface area contributed by atoms with Crippen molar-refractivity contribution in [2.24, 2.45) is 5.41 Å². The average Bonchev–Trinajstić information content (AvgIpc) is 3.58. The first-order valence-corrected chi connectivity index (χ1v) is 11.7. The van der Waals surface area contributed by atoms with E-state index >= 15 is 0 Å². The van der Waals surface area contributed by atoms with Crippen molar-refractivity contribution < 1.29 is 18.7 Å². The quantitative estimate of drug-likeness (QED) is 0.677. The maximum atomic E-state index is 13.7. The van der Waals surface area contributed by atoms with Gasteiger partial charge >= 0.3 is 0 Å². The van der Waals surface area contributed by atoms with E-state index in [1.165, 1.54) is 12.1 Å². The normalized spacial score (nSPS) is 24.5. The number of carbonyl (C=O) groups excluding carboxylic acids is 2. The molecule has 0 unspecified atom stereocenters. The molecule has 0 N–H and O–H groups in total. The van der Waals surface area contributed by atoms with Crippen molar-refractivity contribution in [3.05, 3.63) is 59.9 Å². The predicted octanol–water partition coefficient (Wildman–Crippen LogP) is 3.28. The zero-order chi connectivity index (χ0) is 23.2. The molecule has 2 amide bonds. The van der Waals surface area contributed by atoms with Gasteiger partial charge in [-0.05, 0) is 56.2 Å². The highest BCUT2D eigenvalue weighted by Crippen LogP contribution is 2.65. The largest absolute Gasteiger partial charge is 0.492 e. The Morgan fingerprint density at radius 2 is 1.79 bits per heavy atom.